The van der Waals surface area contributed by atoms with Gasteiger partial charge in [0, 0.05) is 23.0 Å². The Kier molecular flexibility index (Phi) is 5.04. The molecule has 1 aliphatic rings. The molecular weight excluding hydrogens is 390 g/mol. The van der Waals surface area contributed by atoms with Gasteiger partial charge in [-0.05, 0) is 51.8 Å². The predicted octanol–water partition coefficient (Wildman–Crippen LogP) is 4.63. The van der Waals surface area contributed by atoms with Crippen molar-refractivity contribution in [3.8, 4) is 5.69 Å². The highest BCUT2D eigenvalue weighted by Gasteiger charge is 2.29. The van der Waals surface area contributed by atoms with E-state index in [-0.39, 0.29) is 23.1 Å². The van der Waals surface area contributed by atoms with E-state index in [0.717, 1.165) is 29.9 Å². The first-order valence-electron chi connectivity index (χ1n) is 9.57. The van der Waals surface area contributed by atoms with Crippen LogP contribution in [0.15, 0.2) is 36.4 Å². The lowest BCUT2D eigenvalue weighted by atomic mass is 10.1. The molecule has 0 atom stereocenters. The fraction of sp³-hybridized carbons (Fsp3) is 0.318. The summed E-state index contributed by atoms with van der Waals surface area (Å²) in [6, 6.07) is 11.6. The Hall–Kier alpha value is -2.86. The van der Waals surface area contributed by atoms with Gasteiger partial charge in [0.2, 0.25) is 5.78 Å². The molecule has 0 spiro atoms. The van der Waals surface area contributed by atoms with Gasteiger partial charge < -0.3 is 9.30 Å². The summed E-state index contributed by atoms with van der Waals surface area (Å²) in [5, 5.41) is 4.50. The van der Waals surface area contributed by atoms with Crippen molar-refractivity contribution in [2.75, 3.05) is 6.61 Å². The van der Waals surface area contributed by atoms with Crippen molar-refractivity contribution < 1.29 is 14.3 Å². The molecule has 4 rings (SSSR count). The molecule has 0 unspecified atom stereocenters. The number of rotatable bonds is 6. The molecule has 3 aromatic rings. The molecule has 0 amide bonds. The van der Waals surface area contributed by atoms with Crippen LogP contribution in [-0.4, -0.2) is 32.7 Å². The van der Waals surface area contributed by atoms with Gasteiger partial charge in [0.1, 0.15) is 10.7 Å². The van der Waals surface area contributed by atoms with Crippen molar-refractivity contribution in [2.45, 2.75) is 39.7 Å². The zero-order valence-corrected chi connectivity index (χ0v) is 17.4. The number of halogens is 1. The smallest absolute Gasteiger partial charge is 0.343 e. The Labute approximate surface area is 174 Å². The molecule has 6 nitrogen and oxygen atoms in total. The first kappa shape index (κ1) is 19.5. The summed E-state index contributed by atoms with van der Waals surface area (Å²) < 4.78 is 8.98. The Morgan fingerprint density at radius 1 is 1.17 bits per heavy atom. The summed E-state index contributed by atoms with van der Waals surface area (Å²) in [7, 11) is 0. The Balaban J connectivity index is 1.50. The number of ketones is 1. The van der Waals surface area contributed by atoms with E-state index in [2.05, 4.69) is 9.67 Å². The summed E-state index contributed by atoms with van der Waals surface area (Å²) in [4.78, 5) is 25.3. The van der Waals surface area contributed by atoms with Gasteiger partial charge in [0.05, 0.1) is 11.4 Å². The number of carbonyl (C=O) groups is 2. The van der Waals surface area contributed by atoms with Crippen LogP contribution in [0.1, 0.15) is 56.7 Å². The second kappa shape index (κ2) is 7.52. The molecule has 150 valence electrons. The minimum atomic E-state index is -0.654. The zero-order chi connectivity index (χ0) is 20.7. The molecule has 0 N–H and O–H groups in total. The van der Waals surface area contributed by atoms with Gasteiger partial charge in [-0.3, -0.25) is 4.79 Å². The minimum absolute atomic E-state index is 0.165. The monoisotopic (exact) mass is 411 g/mol. The lowest BCUT2D eigenvalue weighted by Gasteiger charge is -2.08. The minimum Gasteiger partial charge on any atom is -0.454 e. The highest BCUT2D eigenvalue weighted by Crippen LogP contribution is 2.38. The van der Waals surface area contributed by atoms with E-state index in [1.54, 1.807) is 6.92 Å². The number of benzene rings is 1. The fourth-order valence-electron chi connectivity index (χ4n) is 3.71. The van der Waals surface area contributed by atoms with Crippen LogP contribution >= 0.6 is 11.6 Å². The van der Waals surface area contributed by atoms with E-state index in [9.17, 15) is 9.59 Å². The van der Waals surface area contributed by atoms with Crippen molar-refractivity contribution >= 4 is 23.4 Å². The number of nitrogens with zero attached hydrogens (tertiary/aromatic N) is 3. The number of esters is 1. The van der Waals surface area contributed by atoms with Crippen molar-refractivity contribution in [3.63, 3.8) is 0 Å². The van der Waals surface area contributed by atoms with Crippen LogP contribution in [0.3, 0.4) is 0 Å². The van der Waals surface area contributed by atoms with Crippen LogP contribution in [-0.2, 0) is 4.74 Å². The number of aromatic nitrogens is 3. The average molecular weight is 412 g/mol. The SMILES string of the molecule is Cc1nn(-c2ccccc2)c(Cl)c1C(=O)OCC(=O)c1cc(C)n(C2CC2)c1C. The summed E-state index contributed by atoms with van der Waals surface area (Å²) in [5.74, 6) is -0.874. The average Bonchev–Trinajstić information content (AvgIpc) is 3.42. The first-order valence-corrected chi connectivity index (χ1v) is 9.95. The third-order valence-corrected chi connectivity index (χ3v) is 5.59. The predicted molar refractivity (Wildman–Crippen MR) is 110 cm³/mol. The molecule has 0 radical (unpaired) electrons. The lowest BCUT2D eigenvalue weighted by molar-refractivity contribution is 0.0474. The van der Waals surface area contributed by atoms with Crippen molar-refractivity contribution in [1.29, 1.82) is 0 Å². The molecule has 0 bridgehead atoms. The van der Waals surface area contributed by atoms with E-state index in [4.69, 9.17) is 16.3 Å². The second-order valence-corrected chi connectivity index (χ2v) is 7.74. The van der Waals surface area contributed by atoms with Crippen LogP contribution in [0, 0.1) is 20.8 Å². The number of hydrogen-bond acceptors (Lipinski definition) is 4. The van der Waals surface area contributed by atoms with Crippen LogP contribution in [0.25, 0.3) is 5.69 Å². The second-order valence-electron chi connectivity index (χ2n) is 7.38. The number of aryl methyl sites for hydroxylation is 2. The van der Waals surface area contributed by atoms with Crippen molar-refractivity contribution in [1.82, 2.24) is 14.3 Å². The molecule has 0 aliphatic heterocycles. The third-order valence-electron chi connectivity index (χ3n) is 5.24. The van der Waals surface area contributed by atoms with Crippen molar-refractivity contribution in [3.05, 3.63) is 69.8 Å². The number of ether oxygens (including phenoxy) is 1. The Morgan fingerprint density at radius 2 is 1.86 bits per heavy atom. The van der Waals surface area contributed by atoms with Gasteiger partial charge in [-0.15, -0.1) is 0 Å². The van der Waals surface area contributed by atoms with Crippen LogP contribution in [0.2, 0.25) is 5.15 Å². The maximum Gasteiger partial charge on any atom is 0.343 e. The van der Waals surface area contributed by atoms with Gasteiger partial charge in [0.25, 0.3) is 0 Å². The molecule has 1 aliphatic carbocycles. The van der Waals surface area contributed by atoms with E-state index in [0.29, 0.717) is 17.3 Å². The molecular formula is C22H22ClN3O3. The molecule has 29 heavy (non-hydrogen) atoms. The van der Waals surface area contributed by atoms with E-state index in [1.165, 1.54) is 4.68 Å². The van der Waals surface area contributed by atoms with Gasteiger partial charge >= 0.3 is 5.97 Å². The number of carbonyl (C=O) groups excluding carboxylic acids is 2. The van der Waals surface area contributed by atoms with Gasteiger partial charge in [-0.1, -0.05) is 29.8 Å². The number of para-hydroxylation sites is 1. The molecule has 7 heteroatoms. The quantitative estimate of drug-likeness (QED) is 0.438. The first-order chi connectivity index (χ1) is 13.9. The molecule has 2 aromatic heterocycles. The summed E-state index contributed by atoms with van der Waals surface area (Å²) in [5.41, 5.74) is 3.95. The zero-order valence-electron chi connectivity index (χ0n) is 16.6. The van der Waals surface area contributed by atoms with Crippen molar-refractivity contribution in [2.24, 2.45) is 0 Å². The maximum atomic E-state index is 12.7. The third kappa shape index (κ3) is 3.60. The largest absolute Gasteiger partial charge is 0.454 e. The number of Topliss-reactive ketones (excluding diaryl/α,β-unsaturated/α-hetero) is 1. The fourth-order valence-corrected chi connectivity index (χ4v) is 4.06. The Morgan fingerprint density at radius 3 is 2.52 bits per heavy atom. The molecule has 1 fully saturated rings. The lowest BCUT2D eigenvalue weighted by Crippen LogP contribution is -2.15. The molecule has 1 aromatic carbocycles. The summed E-state index contributed by atoms with van der Waals surface area (Å²) >= 11 is 6.39. The normalized spacial score (nSPS) is 13.5. The maximum absolute atomic E-state index is 12.7. The summed E-state index contributed by atoms with van der Waals surface area (Å²) in [6.45, 7) is 5.29. The highest BCUT2D eigenvalue weighted by molar-refractivity contribution is 6.33. The van der Waals surface area contributed by atoms with Gasteiger partial charge in [-0.2, -0.15) is 5.10 Å². The van der Waals surface area contributed by atoms with Crippen LogP contribution in [0.4, 0.5) is 0 Å². The number of hydrogen-bond donors (Lipinski definition) is 0. The topological polar surface area (TPSA) is 66.1 Å². The highest BCUT2D eigenvalue weighted by atomic mass is 35.5. The van der Waals surface area contributed by atoms with Crippen LogP contribution < -0.4 is 0 Å². The van der Waals surface area contributed by atoms with Crippen LogP contribution in [0.5, 0.6) is 0 Å². The van der Waals surface area contributed by atoms with Gasteiger partial charge in [-0.25, -0.2) is 9.48 Å². The van der Waals surface area contributed by atoms with E-state index in [1.807, 2.05) is 50.2 Å². The van der Waals surface area contributed by atoms with E-state index < -0.39 is 5.97 Å². The Bertz CT molecular complexity index is 1090. The van der Waals surface area contributed by atoms with E-state index >= 15 is 0 Å². The van der Waals surface area contributed by atoms with Gasteiger partial charge in [0.15, 0.2) is 6.61 Å². The molecule has 1 saturated carbocycles. The standard InChI is InChI=1S/C22H22ClN3O3/c1-13-11-18(15(3)25(13)16-9-10-16)19(27)12-29-22(28)20-14(2)24-26(21(20)23)17-7-5-4-6-8-17/h4-8,11,16H,9-10,12H2,1-3H3. The summed E-state index contributed by atoms with van der Waals surface area (Å²) in [6.07, 6.45) is 2.28. The molecule has 2 heterocycles. The molecule has 0 saturated heterocycles.